The Kier molecular flexibility index (Phi) is 5.85. The standard InChI is InChI=1S/C3H4ClI3/c4-3(6,7)1-2-5/h1-2H2. The Bertz CT molecular complexity index is 48.6. The van der Waals surface area contributed by atoms with E-state index < -0.39 is 0 Å². The molecule has 0 radical (unpaired) electrons. The Balaban J connectivity index is 3.15. The van der Waals surface area contributed by atoms with Crippen molar-refractivity contribution in [2.75, 3.05) is 4.43 Å². The molecular weight excluding hydrogens is 452 g/mol. The first-order valence-electron chi connectivity index (χ1n) is 1.69. The second-order valence-corrected chi connectivity index (χ2v) is 9.80. The Morgan fingerprint density at radius 1 is 1.43 bits per heavy atom. The second-order valence-electron chi connectivity index (χ2n) is 1.05. The summed E-state index contributed by atoms with van der Waals surface area (Å²) in [6.07, 6.45) is 1.07. The third-order valence-corrected chi connectivity index (χ3v) is 2.19. The van der Waals surface area contributed by atoms with Crippen LogP contribution < -0.4 is 0 Å². The fourth-order valence-electron chi connectivity index (χ4n) is 0.107. The molecule has 0 N–H and O–H groups in total. The van der Waals surface area contributed by atoms with E-state index >= 15 is 0 Å². The predicted molar refractivity (Wildman–Crippen MR) is 60.1 cm³/mol. The normalized spacial score (nSPS) is 12.0. The zero-order valence-electron chi connectivity index (χ0n) is 3.43. The van der Waals surface area contributed by atoms with E-state index in [1.807, 2.05) is 0 Å². The van der Waals surface area contributed by atoms with Crippen molar-refractivity contribution in [2.24, 2.45) is 0 Å². The quantitative estimate of drug-likeness (QED) is 0.441. The third-order valence-electron chi connectivity index (χ3n) is 0.378. The largest absolute Gasteiger partial charge is 0.147 e. The predicted octanol–water partition coefficient (Wildman–Crippen LogP) is 3.57. The van der Waals surface area contributed by atoms with Crippen molar-refractivity contribution >= 4 is 79.4 Å². The average molecular weight is 456 g/mol. The third kappa shape index (κ3) is 8.48. The van der Waals surface area contributed by atoms with Crippen LogP contribution in [0.2, 0.25) is 0 Å². The van der Waals surface area contributed by atoms with Crippen LogP contribution in [0.4, 0.5) is 0 Å². The van der Waals surface area contributed by atoms with Crippen LogP contribution >= 0.6 is 79.4 Å². The second kappa shape index (κ2) is 4.32. The highest BCUT2D eigenvalue weighted by atomic mass is 127. The van der Waals surface area contributed by atoms with E-state index in [9.17, 15) is 0 Å². The molecular formula is C3H4ClI3. The van der Waals surface area contributed by atoms with Gasteiger partial charge in [-0.3, -0.25) is 0 Å². The molecule has 0 rings (SSSR count). The van der Waals surface area contributed by atoms with Gasteiger partial charge in [-0.1, -0.05) is 34.2 Å². The molecule has 0 aromatic rings. The van der Waals surface area contributed by atoms with Gasteiger partial charge in [0.05, 0.1) is 0 Å². The van der Waals surface area contributed by atoms with Gasteiger partial charge in [0.1, 0.15) is 0.888 Å². The van der Waals surface area contributed by atoms with Crippen molar-refractivity contribution in [2.45, 2.75) is 7.31 Å². The Labute approximate surface area is 89.6 Å². The van der Waals surface area contributed by atoms with Gasteiger partial charge < -0.3 is 0 Å². The van der Waals surface area contributed by atoms with Crippen molar-refractivity contribution in [1.82, 2.24) is 0 Å². The van der Waals surface area contributed by atoms with Crippen molar-refractivity contribution in [1.29, 1.82) is 0 Å². The molecule has 7 heavy (non-hydrogen) atoms. The summed E-state index contributed by atoms with van der Waals surface area (Å²) in [6.45, 7) is 0. The molecule has 0 saturated heterocycles. The molecule has 0 bridgehead atoms. The highest BCUT2D eigenvalue weighted by molar-refractivity contribution is 14.2. The Hall–Kier alpha value is 2.48. The minimum Gasteiger partial charge on any atom is -0.0960 e. The first-order valence-corrected chi connectivity index (χ1v) is 5.75. The van der Waals surface area contributed by atoms with Crippen LogP contribution in [0.5, 0.6) is 0 Å². The van der Waals surface area contributed by atoms with E-state index in [1.165, 1.54) is 0 Å². The molecule has 0 unspecified atom stereocenters. The van der Waals surface area contributed by atoms with Gasteiger partial charge >= 0.3 is 0 Å². The average Bonchev–Trinajstić information content (AvgIpc) is 1.30. The summed E-state index contributed by atoms with van der Waals surface area (Å²) in [4.78, 5) is 0. The zero-order chi connectivity index (χ0) is 5.91. The maximum Gasteiger partial charge on any atom is 0.147 e. The van der Waals surface area contributed by atoms with Crippen LogP contribution in [0.1, 0.15) is 6.42 Å². The first kappa shape index (κ1) is 9.48. The molecule has 0 aliphatic carbocycles. The molecule has 0 nitrogen and oxygen atoms in total. The van der Waals surface area contributed by atoms with Gasteiger partial charge in [0.25, 0.3) is 0 Å². The lowest BCUT2D eigenvalue weighted by Gasteiger charge is -2.06. The van der Waals surface area contributed by atoms with Gasteiger partial charge in [0.15, 0.2) is 0 Å². The molecule has 44 valence electrons. The number of hydrogen-bond acceptors (Lipinski definition) is 0. The van der Waals surface area contributed by atoms with Gasteiger partial charge in [-0.05, 0) is 51.6 Å². The number of halogens is 4. The first-order chi connectivity index (χ1) is 3.06. The molecule has 0 heterocycles. The number of alkyl halides is 4. The Morgan fingerprint density at radius 2 is 1.86 bits per heavy atom. The summed E-state index contributed by atoms with van der Waals surface area (Å²) in [6, 6.07) is 0. The van der Waals surface area contributed by atoms with Crippen molar-refractivity contribution in [3.63, 3.8) is 0 Å². The maximum absolute atomic E-state index is 5.80. The molecule has 0 amide bonds. The lowest BCUT2D eigenvalue weighted by Crippen LogP contribution is -1.98. The molecule has 0 aromatic carbocycles. The van der Waals surface area contributed by atoms with Gasteiger partial charge in [0.2, 0.25) is 0 Å². The van der Waals surface area contributed by atoms with E-state index in [-0.39, 0.29) is 0.888 Å². The topological polar surface area (TPSA) is 0 Å². The molecule has 0 aliphatic rings. The van der Waals surface area contributed by atoms with Crippen molar-refractivity contribution in [3.05, 3.63) is 0 Å². The van der Waals surface area contributed by atoms with Crippen LogP contribution in [0, 0.1) is 0 Å². The fourth-order valence-corrected chi connectivity index (χ4v) is 3.93. The number of hydrogen-bond donors (Lipinski definition) is 0. The number of rotatable bonds is 2. The molecule has 0 spiro atoms. The highest BCUT2D eigenvalue weighted by Crippen LogP contribution is 2.36. The van der Waals surface area contributed by atoms with Gasteiger partial charge in [-0.15, -0.1) is 0 Å². The molecule has 0 aromatic heterocycles. The SMILES string of the molecule is ClC(I)(I)CCI. The van der Waals surface area contributed by atoms with Crippen molar-refractivity contribution < 1.29 is 0 Å². The summed E-state index contributed by atoms with van der Waals surface area (Å²) in [5, 5.41) is 0. The molecule has 0 atom stereocenters. The summed E-state index contributed by atoms with van der Waals surface area (Å²) < 4.78 is 1.09. The minimum absolute atomic E-state index is 0.0449. The lowest BCUT2D eigenvalue weighted by atomic mass is 10.6. The van der Waals surface area contributed by atoms with Crippen LogP contribution in [0.15, 0.2) is 0 Å². The van der Waals surface area contributed by atoms with E-state index in [4.69, 9.17) is 11.6 Å². The van der Waals surface area contributed by atoms with E-state index in [1.54, 1.807) is 0 Å². The van der Waals surface area contributed by atoms with E-state index in [0.717, 1.165) is 10.8 Å². The monoisotopic (exact) mass is 456 g/mol. The fraction of sp³-hybridized carbons (Fsp3) is 1.00. The molecule has 0 saturated carbocycles. The van der Waals surface area contributed by atoms with Crippen molar-refractivity contribution in [3.8, 4) is 0 Å². The van der Waals surface area contributed by atoms with Gasteiger partial charge in [-0.25, -0.2) is 0 Å². The van der Waals surface area contributed by atoms with Crippen LogP contribution in [-0.4, -0.2) is 5.32 Å². The van der Waals surface area contributed by atoms with Crippen LogP contribution in [-0.2, 0) is 0 Å². The molecule has 0 fully saturated rings. The van der Waals surface area contributed by atoms with Gasteiger partial charge in [-0.2, -0.15) is 0 Å². The van der Waals surface area contributed by atoms with E-state index in [0.29, 0.717) is 0 Å². The summed E-state index contributed by atoms with van der Waals surface area (Å²) in [5.74, 6) is 0. The minimum atomic E-state index is -0.0449. The smallest absolute Gasteiger partial charge is 0.0960 e. The summed E-state index contributed by atoms with van der Waals surface area (Å²) in [7, 11) is 0. The van der Waals surface area contributed by atoms with Crippen LogP contribution in [0.3, 0.4) is 0 Å². The Morgan fingerprint density at radius 3 is 1.86 bits per heavy atom. The molecule has 0 aliphatic heterocycles. The summed E-state index contributed by atoms with van der Waals surface area (Å²) in [5.41, 5.74) is 0. The van der Waals surface area contributed by atoms with Gasteiger partial charge in [0, 0.05) is 4.43 Å². The van der Waals surface area contributed by atoms with E-state index in [2.05, 4.69) is 67.8 Å². The maximum atomic E-state index is 5.80. The van der Waals surface area contributed by atoms with Crippen LogP contribution in [0.25, 0.3) is 0 Å². The molecule has 4 heteroatoms. The zero-order valence-corrected chi connectivity index (χ0v) is 10.7. The summed E-state index contributed by atoms with van der Waals surface area (Å²) >= 11 is 12.6. The highest BCUT2D eigenvalue weighted by Gasteiger charge is 2.15. The lowest BCUT2D eigenvalue weighted by molar-refractivity contribution is 1.09.